The van der Waals surface area contributed by atoms with Crippen LogP contribution in [0.25, 0.3) is 0 Å². The summed E-state index contributed by atoms with van der Waals surface area (Å²) in [6, 6.07) is 9.75. The maximum absolute atomic E-state index is 12.5. The molecule has 1 saturated heterocycles. The van der Waals surface area contributed by atoms with E-state index in [1.165, 1.54) is 12.8 Å². The highest BCUT2D eigenvalue weighted by Crippen LogP contribution is 2.23. The molecule has 0 unspecified atom stereocenters. The second kappa shape index (κ2) is 4.79. The molecule has 0 aromatic heterocycles. The molecule has 0 spiro atoms. The Morgan fingerprint density at radius 2 is 1.81 bits per heavy atom. The molecule has 1 aromatic carbocycles. The molecule has 1 aliphatic heterocycles. The van der Waals surface area contributed by atoms with Gasteiger partial charge in [0.2, 0.25) is 0 Å². The molecule has 1 aromatic rings. The maximum atomic E-state index is 12.5. The van der Waals surface area contributed by atoms with Gasteiger partial charge in [0.25, 0.3) is 0 Å². The van der Waals surface area contributed by atoms with E-state index in [1.807, 2.05) is 30.3 Å². The van der Waals surface area contributed by atoms with Crippen molar-refractivity contribution in [1.29, 1.82) is 0 Å². The van der Waals surface area contributed by atoms with Crippen LogP contribution in [0.3, 0.4) is 0 Å². The standard InChI is InChI=1S/C14H20NO/c1-2-10-15(11-6-7-12-15)14(16)13-8-4-3-5-9-13/h3-5,8-9H,2,6-7,10-12H2,1H3/q+1. The van der Waals surface area contributed by atoms with Crippen molar-refractivity contribution >= 4 is 5.91 Å². The average molecular weight is 218 g/mol. The monoisotopic (exact) mass is 218 g/mol. The SMILES string of the molecule is CCC[N+]1(C(=O)c2ccccc2)CCCC1. The van der Waals surface area contributed by atoms with Gasteiger partial charge in [0.1, 0.15) is 0 Å². The van der Waals surface area contributed by atoms with Gasteiger partial charge in [-0.1, -0.05) is 25.1 Å². The van der Waals surface area contributed by atoms with Crippen molar-refractivity contribution in [1.82, 2.24) is 0 Å². The fraction of sp³-hybridized carbons (Fsp3) is 0.500. The Morgan fingerprint density at radius 3 is 2.38 bits per heavy atom. The number of carbonyl (C=O) groups excluding carboxylic acids is 1. The van der Waals surface area contributed by atoms with Crippen LogP contribution in [0.4, 0.5) is 0 Å². The van der Waals surface area contributed by atoms with Crippen molar-refractivity contribution in [2.24, 2.45) is 0 Å². The fourth-order valence-electron chi connectivity index (χ4n) is 2.75. The second-order valence-electron chi connectivity index (χ2n) is 4.69. The van der Waals surface area contributed by atoms with Crippen molar-refractivity contribution in [2.45, 2.75) is 26.2 Å². The second-order valence-corrected chi connectivity index (χ2v) is 4.69. The molecule has 1 heterocycles. The number of hydrogen-bond acceptors (Lipinski definition) is 1. The summed E-state index contributed by atoms with van der Waals surface area (Å²) in [5, 5.41) is 0. The number of carbonyl (C=O) groups is 1. The van der Waals surface area contributed by atoms with Crippen molar-refractivity contribution < 1.29 is 9.28 Å². The van der Waals surface area contributed by atoms with E-state index in [0.717, 1.165) is 31.6 Å². The molecule has 16 heavy (non-hydrogen) atoms. The molecule has 1 amide bonds. The van der Waals surface area contributed by atoms with Gasteiger partial charge in [0.15, 0.2) is 0 Å². The first-order valence-corrected chi connectivity index (χ1v) is 6.24. The predicted octanol–water partition coefficient (Wildman–Crippen LogP) is 2.85. The lowest BCUT2D eigenvalue weighted by atomic mass is 10.1. The van der Waals surface area contributed by atoms with E-state index in [2.05, 4.69) is 6.92 Å². The van der Waals surface area contributed by atoms with E-state index in [4.69, 9.17) is 0 Å². The van der Waals surface area contributed by atoms with Crippen LogP contribution >= 0.6 is 0 Å². The Kier molecular flexibility index (Phi) is 3.39. The minimum Gasteiger partial charge on any atom is -0.256 e. The molecular weight excluding hydrogens is 198 g/mol. The average Bonchev–Trinajstić information content (AvgIpc) is 2.80. The van der Waals surface area contributed by atoms with Gasteiger partial charge in [-0.2, -0.15) is 0 Å². The van der Waals surface area contributed by atoms with Crippen LogP contribution in [0.5, 0.6) is 0 Å². The lowest BCUT2D eigenvalue weighted by Crippen LogP contribution is -2.50. The molecular formula is C14H20NO+. The van der Waals surface area contributed by atoms with Crippen LogP contribution in [0, 0.1) is 0 Å². The zero-order valence-corrected chi connectivity index (χ0v) is 9.98. The smallest absolute Gasteiger partial charge is 0.256 e. The Morgan fingerprint density at radius 1 is 1.19 bits per heavy atom. The number of quaternary nitrogens is 1. The van der Waals surface area contributed by atoms with Crippen LogP contribution in [-0.2, 0) is 0 Å². The first kappa shape index (κ1) is 11.3. The number of nitrogens with zero attached hydrogens (tertiary/aromatic N) is 1. The number of amides is 1. The first-order chi connectivity index (χ1) is 7.78. The summed E-state index contributed by atoms with van der Waals surface area (Å²) >= 11 is 0. The molecule has 2 rings (SSSR count). The molecule has 0 radical (unpaired) electrons. The summed E-state index contributed by atoms with van der Waals surface area (Å²) in [6.07, 6.45) is 3.47. The van der Waals surface area contributed by atoms with Gasteiger partial charge in [-0.15, -0.1) is 0 Å². The molecule has 0 aliphatic carbocycles. The zero-order valence-electron chi connectivity index (χ0n) is 9.98. The van der Waals surface area contributed by atoms with Gasteiger partial charge >= 0.3 is 5.91 Å². The molecule has 0 N–H and O–H groups in total. The molecule has 2 nitrogen and oxygen atoms in total. The molecule has 1 fully saturated rings. The minimum absolute atomic E-state index is 0.319. The van der Waals surface area contributed by atoms with E-state index in [1.54, 1.807) is 0 Å². The summed E-state index contributed by atoms with van der Waals surface area (Å²) < 4.78 is 0.681. The van der Waals surface area contributed by atoms with Crippen molar-refractivity contribution in [3.8, 4) is 0 Å². The summed E-state index contributed by atoms with van der Waals surface area (Å²) in [5.41, 5.74) is 0.873. The summed E-state index contributed by atoms with van der Waals surface area (Å²) in [4.78, 5) is 12.5. The highest BCUT2D eigenvalue weighted by atomic mass is 16.2. The Bertz CT molecular complexity index is 352. The normalized spacial score (nSPS) is 18.6. The maximum Gasteiger partial charge on any atom is 0.345 e. The van der Waals surface area contributed by atoms with E-state index in [9.17, 15) is 4.79 Å². The molecule has 86 valence electrons. The third-order valence-electron chi connectivity index (χ3n) is 3.53. The summed E-state index contributed by atoms with van der Waals surface area (Å²) in [7, 11) is 0. The zero-order chi connectivity index (χ0) is 11.4. The Hall–Kier alpha value is -1.15. The molecule has 1 aliphatic rings. The van der Waals surface area contributed by atoms with Crippen molar-refractivity contribution in [3.05, 3.63) is 35.9 Å². The summed E-state index contributed by atoms with van der Waals surface area (Å²) in [5.74, 6) is 0.319. The summed E-state index contributed by atoms with van der Waals surface area (Å²) in [6.45, 7) is 5.22. The van der Waals surface area contributed by atoms with Crippen molar-refractivity contribution in [3.63, 3.8) is 0 Å². The fourth-order valence-corrected chi connectivity index (χ4v) is 2.75. The van der Waals surface area contributed by atoms with E-state index in [0.29, 0.717) is 10.4 Å². The topological polar surface area (TPSA) is 17.1 Å². The van der Waals surface area contributed by atoms with Gasteiger partial charge in [-0.05, 0) is 18.6 Å². The quantitative estimate of drug-likeness (QED) is 0.713. The van der Waals surface area contributed by atoms with Gasteiger partial charge in [0, 0.05) is 12.8 Å². The van der Waals surface area contributed by atoms with Crippen LogP contribution in [0.1, 0.15) is 36.5 Å². The molecule has 0 saturated carbocycles. The van der Waals surface area contributed by atoms with Crippen molar-refractivity contribution in [2.75, 3.05) is 19.6 Å². The van der Waals surface area contributed by atoms with E-state index < -0.39 is 0 Å². The molecule has 2 heteroatoms. The third-order valence-corrected chi connectivity index (χ3v) is 3.53. The number of benzene rings is 1. The van der Waals surface area contributed by atoms with Gasteiger partial charge < -0.3 is 0 Å². The Balaban J connectivity index is 2.24. The first-order valence-electron chi connectivity index (χ1n) is 6.24. The predicted molar refractivity (Wildman–Crippen MR) is 65.2 cm³/mol. The number of hydrogen-bond donors (Lipinski definition) is 0. The lowest BCUT2D eigenvalue weighted by molar-refractivity contribution is -0.836. The van der Waals surface area contributed by atoms with Gasteiger partial charge in [0.05, 0.1) is 25.2 Å². The van der Waals surface area contributed by atoms with E-state index in [-0.39, 0.29) is 0 Å². The Labute approximate surface area is 97.5 Å². The lowest BCUT2D eigenvalue weighted by Gasteiger charge is -2.30. The third kappa shape index (κ3) is 2.03. The minimum atomic E-state index is 0.319. The highest BCUT2D eigenvalue weighted by Gasteiger charge is 2.39. The number of rotatable bonds is 3. The van der Waals surface area contributed by atoms with Crippen LogP contribution < -0.4 is 0 Å². The largest absolute Gasteiger partial charge is 0.345 e. The molecule has 0 bridgehead atoms. The van der Waals surface area contributed by atoms with Gasteiger partial charge in [-0.25, -0.2) is 4.79 Å². The van der Waals surface area contributed by atoms with Crippen LogP contribution in [0.2, 0.25) is 0 Å². The van der Waals surface area contributed by atoms with E-state index >= 15 is 0 Å². The number of likely N-dealkylation sites (tertiary alicyclic amines) is 1. The highest BCUT2D eigenvalue weighted by molar-refractivity contribution is 5.89. The van der Waals surface area contributed by atoms with Gasteiger partial charge in [-0.3, -0.25) is 4.48 Å². The molecule has 0 atom stereocenters. The van der Waals surface area contributed by atoms with Crippen LogP contribution in [0.15, 0.2) is 30.3 Å². The van der Waals surface area contributed by atoms with Crippen LogP contribution in [-0.4, -0.2) is 30.0 Å².